The van der Waals surface area contributed by atoms with Gasteiger partial charge in [0.25, 0.3) is 0 Å². The van der Waals surface area contributed by atoms with Gasteiger partial charge in [-0.2, -0.15) is 5.26 Å². The van der Waals surface area contributed by atoms with E-state index in [1.54, 1.807) is 12.1 Å². The average molecular weight is 227 g/mol. The Bertz CT molecular complexity index is 360. The fraction of sp³-hybridized carbons (Fsp3) is 0.364. The van der Waals surface area contributed by atoms with E-state index in [9.17, 15) is 4.39 Å². The Kier molecular flexibility index (Phi) is 4.92. The van der Waals surface area contributed by atoms with E-state index < -0.39 is 5.82 Å². The molecule has 0 fully saturated rings. The smallest absolute Gasteiger partial charge is 0.141 e. The van der Waals surface area contributed by atoms with Crippen molar-refractivity contribution in [3.8, 4) is 6.07 Å². The molecule has 1 rings (SSSR count). The average Bonchev–Trinajstić information content (AvgIpc) is 2.23. The Morgan fingerprint density at radius 3 is 2.87 bits per heavy atom. The molecule has 0 atom stereocenters. The molecule has 0 aliphatic rings. The van der Waals surface area contributed by atoms with Crippen LogP contribution in [0.25, 0.3) is 0 Å². The SMILES string of the molecule is N#CCCCCNc1ccc(F)c(Cl)c1. The third-order valence-corrected chi connectivity index (χ3v) is 2.25. The van der Waals surface area contributed by atoms with Gasteiger partial charge in [0.05, 0.1) is 11.1 Å². The molecule has 0 saturated carbocycles. The van der Waals surface area contributed by atoms with Gasteiger partial charge in [-0.15, -0.1) is 0 Å². The molecule has 15 heavy (non-hydrogen) atoms. The first-order chi connectivity index (χ1) is 7.24. The fourth-order valence-electron chi connectivity index (χ4n) is 1.17. The number of nitrogens with one attached hydrogen (secondary N) is 1. The number of nitrogens with zero attached hydrogens (tertiary/aromatic N) is 1. The van der Waals surface area contributed by atoms with Crippen molar-refractivity contribution in [1.82, 2.24) is 0 Å². The number of benzene rings is 1. The first-order valence-corrected chi connectivity index (χ1v) is 5.17. The molecule has 0 heterocycles. The van der Waals surface area contributed by atoms with Gasteiger partial charge in [-0.3, -0.25) is 0 Å². The first kappa shape index (κ1) is 11.8. The van der Waals surface area contributed by atoms with Crippen LogP contribution in [0.5, 0.6) is 0 Å². The minimum atomic E-state index is -0.410. The molecule has 0 amide bonds. The molecule has 0 saturated heterocycles. The molecule has 2 nitrogen and oxygen atoms in total. The van der Waals surface area contributed by atoms with Crippen molar-refractivity contribution in [2.45, 2.75) is 19.3 Å². The van der Waals surface area contributed by atoms with E-state index in [2.05, 4.69) is 11.4 Å². The molecule has 0 bridgehead atoms. The normalized spacial score (nSPS) is 9.67. The predicted octanol–water partition coefficient (Wildman–Crippen LogP) is 3.58. The van der Waals surface area contributed by atoms with Crippen LogP contribution in [0, 0.1) is 17.1 Å². The van der Waals surface area contributed by atoms with E-state index in [1.807, 2.05) is 0 Å². The monoisotopic (exact) mass is 226 g/mol. The minimum Gasteiger partial charge on any atom is -0.385 e. The lowest BCUT2D eigenvalue weighted by Gasteiger charge is -2.05. The fourth-order valence-corrected chi connectivity index (χ4v) is 1.35. The Morgan fingerprint density at radius 2 is 2.20 bits per heavy atom. The summed E-state index contributed by atoms with van der Waals surface area (Å²) in [4.78, 5) is 0. The highest BCUT2D eigenvalue weighted by Gasteiger charge is 1.99. The molecule has 1 N–H and O–H groups in total. The third-order valence-electron chi connectivity index (χ3n) is 1.96. The van der Waals surface area contributed by atoms with Crippen LogP contribution in [0.2, 0.25) is 5.02 Å². The van der Waals surface area contributed by atoms with Crippen molar-refractivity contribution >= 4 is 17.3 Å². The molecule has 0 aliphatic heterocycles. The van der Waals surface area contributed by atoms with Crippen molar-refractivity contribution in [3.05, 3.63) is 29.0 Å². The molecule has 4 heteroatoms. The van der Waals surface area contributed by atoms with Crippen molar-refractivity contribution in [3.63, 3.8) is 0 Å². The summed E-state index contributed by atoms with van der Waals surface area (Å²) in [5.41, 5.74) is 0.804. The minimum absolute atomic E-state index is 0.122. The Hall–Kier alpha value is -1.27. The second-order valence-electron chi connectivity index (χ2n) is 3.17. The van der Waals surface area contributed by atoms with Crippen LogP contribution in [0.1, 0.15) is 19.3 Å². The second-order valence-corrected chi connectivity index (χ2v) is 3.58. The van der Waals surface area contributed by atoms with E-state index >= 15 is 0 Å². The highest BCUT2D eigenvalue weighted by atomic mass is 35.5. The molecule has 0 spiro atoms. The summed E-state index contributed by atoms with van der Waals surface area (Å²) in [6.45, 7) is 0.768. The van der Waals surface area contributed by atoms with Gasteiger partial charge in [0.15, 0.2) is 0 Å². The third kappa shape index (κ3) is 4.18. The van der Waals surface area contributed by atoms with E-state index in [1.165, 1.54) is 6.07 Å². The van der Waals surface area contributed by atoms with Gasteiger partial charge >= 0.3 is 0 Å². The summed E-state index contributed by atoms with van der Waals surface area (Å²) < 4.78 is 12.8. The Morgan fingerprint density at radius 1 is 1.40 bits per heavy atom. The molecular weight excluding hydrogens is 215 g/mol. The highest BCUT2D eigenvalue weighted by molar-refractivity contribution is 6.31. The number of unbranched alkanes of at least 4 members (excludes halogenated alkanes) is 2. The van der Waals surface area contributed by atoms with Gasteiger partial charge in [0.2, 0.25) is 0 Å². The van der Waals surface area contributed by atoms with Crippen LogP contribution in [0.4, 0.5) is 10.1 Å². The molecular formula is C11H12ClFN2. The van der Waals surface area contributed by atoms with Gasteiger partial charge in [-0.05, 0) is 31.0 Å². The molecule has 80 valence electrons. The van der Waals surface area contributed by atoms with Crippen LogP contribution in [0.3, 0.4) is 0 Å². The zero-order chi connectivity index (χ0) is 11.1. The van der Waals surface area contributed by atoms with Gasteiger partial charge in [0.1, 0.15) is 5.82 Å². The summed E-state index contributed by atoms with van der Waals surface area (Å²) in [5, 5.41) is 11.6. The standard InChI is InChI=1S/C11H12ClFN2/c12-10-8-9(4-5-11(10)13)15-7-3-1-2-6-14/h4-5,8,15H,1-3,7H2. The van der Waals surface area contributed by atoms with E-state index in [0.717, 1.165) is 25.1 Å². The molecule has 1 aromatic rings. The predicted molar refractivity (Wildman–Crippen MR) is 59.4 cm³/mol. The summed E-state index contributed by atoms with van der Waals surface area (Å²) in [7, 11) is 0. The van der Waals surface area contributed by atoms with Crippen molar-refractivity contribution < 1.29 is 4.39 Å². The summed E-state index contributed by atoms with van der Waals surface area (Å²) >= 11 is 5.62. The van der Waals surface area contributed by atoms with Crippen LogP contribution >= 0.6 is 11.6 Å². The number of hydrogen-bond donors (Lipinski definition) is 1. The number of anilines is 1. The quantitative estimate of drug-likeness (QED) is 0.779. The maximum atomic E-state index is 12.8. The molecule has 0 aliphatic carbocycles. The van der Waals surface area contributed by atoms with Crippen molar-refractivity contribution in [1.29, 1.82) is 5.26 Å². The molecule has 0 aromatic heterocycles. The number of hydrogen-bond acceptors (Lipinski definition) is 2. The van der Waals surface area contributed by atoms with E-state index in [4.69, 9.17) is 16.9 Å². The van der Waals surface area contributed by atoms with Crippen LogP contribution in [-0.4, -0.2) is 6.54 Å². The van der Waals surface area contributed by atoms with E-state index in [-0.39, 0.29) is 5.02 Å². The summed E-state index contributed by atoms with van der Waals surface area (Å²) in [6, 6.07) is 6.62. The number of halogens is 2. The highest BCUT2D eigenvalue weighted by Crippen LogP contribution is 2.19. The lowest BCUT2D eigenvalue weighted by Crippen LogP contribution is -2.01. The Labute approximate surface area is 93.7 Å². The van der Waals surface area contributed by atoms with E-state index in [0.29, 0.717) is 6.42 Å². The van der Waals surface area contributed by atoms with Gasteiger partial charge in [-0.25, -0.2) is 4.39 Å². The maximum absolute atomic E-state index is 12.8. The number of nitriles is 1. The zero-order valence-electron chi connectivity index (χ0n) is 8.26. The maximum Gasteiger partial charge on any atom is 0.141 e. The van der Waals surface area contributed by atoms with Crippen LogP contribution in [-0.2, 0) is 0 Å². The topological polar surface area (TPSA) is 35.8 Å². The first-order valence-electron chi connectivity index (χ1n) is 4.80. The zero-order valence-corrected chi connectivity index (χ0v) is 9.02. The van der Waals surface area contributed by atoms with Crippen LogP contribution < -0.4 is 5.32 Å². The molecule has 0 unspecified atom stereocenters. The van der Waals surface area contributed by atoms with Crippen LogP contribution in [0.15, 0.2) is 18.2 Å². The van der Waals surface area contributed by atoms with Crippen molar-refractivity contribution in [2.24, 2.45) is 0 Å². The van der Waals surface area contributed by atoms with Gasteiger partial charge in [0, 0.05) is 18.7 Å². The number of rotatable bonds is 5. The molecule has 0 radical (unpaired) electrons. The van der Waals surface area contributed by atoms with Crippen molar-refractivity contribution in [2.75, 3.05) is 11.9 Å². The van der Waals surface area contributed by atoms with Gasteiger partial charge in [-0.1, -0.05) is 11.6 Å². The lowest BCUT2D eigenvalue weighted by atomic mass is 10.2. The lowest BCUT2D eigenvalue weighted by molar-refractivity contribution is 0.628. The Balaban J connectivity index is 2.32. The second kappa shape index (κ2) is 6.26. The van der Waals surface area contributed by atoms with Gasteiger partial charge < -0.3 is 5.32 Å². The summed E-state index contributed by atoms with van der Waals surface area (Å²) in [5.74, 6) is -0.410. The largest absolute Gasteiger partial charge is 0.385 e. The molecule has 1 aromatic carbocycles. The summed E-state index contributed by atoms with van der Waals surface area (Å²) in [6.07, 6.45) is 2.37.